The van der Waals surface area contributed by atoms with Gasteiger partial charge in [-0.25, -0.2) is 0 Å². The molecule has 14 nitrogen and oxygen atoms in total. The summed E-state index contributed by atoms with van der Waals surface area (Å²) in [4.78, 5) is 13.1. The van der Waals surface area contributed by atoms with Gasteiger partial charge < -0.3 is 65.1 Å². The molecular weight excluding hydrogens is 955 g/mol. The van der Waals surface area contributed by atoms with E-state index in [4.69, 9.17) is 18.9 Å². The normalized spacial score (nSPS) is 25.7. The van der Waals surface area contributed by atoms with Crippen LogP contribution >= 0.6 is 0 Å². The van der Waals surface area contributed by atoms with Crippen molar-refractivity contribution in [3.05, 3.63) is 85.1 Å². The van der Waals surface area contributed by atoms with Gasteiger partial charge in [0.2, 0.25) is 5.91 Å². The molecule has 432 valence electrons. The fourth-order valence-electron chi connectivity index (χ4n) is 9.14. The number of hydrogen-bond acceptors (Lipinski definition) is 13. The maximum Gasteiger partial charge on any atom is 0.224 e. The van der Waals surface area contributed by atoms with E-state index in [1.54, 1.807) is 12.2 Å². The molecule has 2 rings (SSSR count). The lowest BCUT2D eigenvalue weighted by molar-refractivity contribution is -0.359. The van der Waals surface area contributed by atoms with E-state index in [0.717, 1.165) is 38.5 Å². The van der Waals surface area contributed by atoms with Crippen LogP contribution in [0.2, 0.25) is 0 Å². The fraction of sp³-hybridized carbons (Fsp3) is 0.754. The standard InChI is InChI=1S/C61H105NO13/c1-3-5-7-9-11-13-15-17-19-20-21-22-23-24-25-26-27-28-29-31-32-34-36-38-40-42-44-50(65)49(62-53(66)45-43-41-39-37-35-33-30-18-16-14-12-10-8-6-4-2)48-72-60-58(71)56(69)59(52(47-64)74-60)75-61-57(70)55(68)54(67)51(46-63)73-61/h6,8,12,14,18,30,34-37,41-44,49-52,54-61,63-65,67-71H,3-5,7,9-11,13,15-17,19-29,31-33,38-40,45-48H2,1-2H3,(H,62,66)/b8-6-,14-12-,30-18-,36-34+,37-35-,43-41-,44-42+. The van der Waals surface area contributed by atoms with Crippen LogP contribution in [0.3, 0.4) is 0 Å². The van der Waals surface area contributed by atoms with E-state index in [1.807, 2.05) is 18.2 Å². The molecule has 0 bridgehead atoms. The van der Waals surface area contributed by atoms with Crippen LogP contribution in [-0.4, -0.2) is 140 Å². The molecule has 1 amide bonds. The van der Waals surface area contributed by atoms with Gasteiger partial charge in [-0.1, -0.05) is 221 Å². The molecule has 2 saturated heterocycles. The SMILES string of the molecule is CC/C=C\C/C=C\C/C=C\C/C=C\C/C=C\CC(=O)NC(COC1OC(CO)C(OC2OC(CO)C(O)C(O)C2O)C(O)C1O)C(O)/C=C/CC/C=C/CCCCCCCCCCCCCCCCCCCCCC. The van der Waals surface area contributed by atoms with Crippen LogP contribution < -0.4 is 5.32 Å². The molecule has 12 atom stereocenters. The third-order valence-corrected chi connectivity index (χ3v) is 13.8. The van der Waals surface area contributed by atoms with Gasteiger partial charge in [0.05, 0.1) is 32.0 Å². The highest BCUT2D eigenvalue weighted by Crippen LogP contribution is 2.30. The fourth-order valence-corrected chi connectivity index (χ4v) is 9.14. The molecule has 0 radical (unpaired) electrons. The second-order valence-corrected chi connectivity index (χ2v) is 20.4. The summed E-state index contributed by atoms with van der Waals surface area (Å²) in [5, 5.41) is 86.9. The molecule has 2 heterocycles. The predicted molar refractivity (Wildman–Crippen MR) is 300 cm³/mol. The Kier molecular flexibility index (Phi) is 42.0. The van der Waals surface area contributed by atoms with Crippen molar-refractivity contribution in [1.82, 2.24) is 5.32 Å². The van der Waals surface area contributed by atoms with Crippen LogP contribution in [0, 0.1) is 0 Å². The maximum atomic E-state index is 13.1. The highest BCUT2D eigenvalue weighted by molar-refractivity contribution is 5.77. The molecule has 2 aliphatic rings. The molecule has 2 fully saturated rings. The number of carbonyl (C=O) groups is 1. The molecule has 0 aromatic rings. The molecule has 0 aromatic carbocycles. The van der Waals surface area contributed by atoms with Crippen LogP contribution in [-0.2, 0) is 23.7 Å². The quantitative estimate of drug-likeness (QED) is 0.0205. The number of unbranched alkanes of at least 4 members (excludes halogenated alkanes) is 21. The maximum absolute atomic E-state index is 13.1. The molecular formula is C61H105NO13. The molecule has 0 aliphatic carbocycles. The molecule has 75 heavy (non-hydrogen) atoms. The minimum absolute atomic E-state index is 0.0373. The number of aliphatic hydroxyl groups is 8. The van der Waals surface area contributed by atoms with Gasteiger partial charge in [0.1, 0.15) is 48.8 Å². The molecule has 0 aromatic heterocycles. The Balaban J connectivity index is 1.80. The van der Waals surface area contributed by atoms with Gasteiger partial charge >= 0.3 is 0 Å². The predicted octanol–water partition coefficient (Wildman–Crippen LogP) is 9.72. The molecule has 9 N–H and O–H groups in total. The van der Waals surface area contributed by atoms with Crippen molar-refractivity contribution in [3.8, 4) is 0 Å². The van der Waals surface area contributed by atoms with Crippen LogP contribution in [0.15, 0.2) is 85.1 Å². The number of amides is 1. The van der Waals surface area contributed by atoms with Gasteiger partial charge in [-0.05, 0) is 57.8 Å². The second-order valence-electron chi connectivity index (χ2n) is 20.4. The van der Waals surface area contributed by atoms with E-state index in [1.165, 1.54) is 128 Å². The first kappa shape index (κ1) is 68.3. The van der Waals surface area contributed by atoms with Crippen molar-refractivity contribution in [2.45, 2.75) is 274 Å². The van der Waals surface area contributed by atoms with Gasteiger partial charge in [0, 0.05) is 6.42 Å². The Morgan fingerprint density at radius 1 is 0.493 bits per heavy atom. The Morgan fingerprint density at radius 2 is 0.933 bits per heavy atom. The van der Waals surface area contributed by atoms with Crippen molar-refractivity contribution in [1.29, 1.82) is 0 Å². The van der Waals surface area contributed by atoms with Crippen molar-refractivity contribution in [2.24, 2.45) is 0 Å². The molecule has 2 aliphatic heterocycles. The number of allylic oxidation sites excluding steroid dienone is 12. The summed E-state index contributed by atoms with van der Waals surface area (Å²) in [6.45, 7) is 2.59. The first-order valence-electron chi connectivity index (χ1n) is 29.3. The highest BCUT2D eigenvalue weighted by atomic mass is 16.7. The van der Waals surface area contributed by atoms with Gasteiger partial charge in [0.25, 0.3) is 0 Å². The highest BCUT2D eigenvalue weighted by Gasteiger charge is 2.51. The van der Waals surface area contributed by atoms with E-state index >= 15 is 0 Å². The average molecular weight is 1060 g/mol. The Hall–Kier alpha value is -2.83. The minimum Gasteiger partial charge on any atom is -0.394 e. The average Bonchev–Trinajstić information content (AvgIpc) is 3.41. The van der Waals surface area contributed by atoms with E-state index in [0.29, 0.717) is 12.8 Å². The molecule has 12 unspecified atom stereocenters. The summed E-state index contributed by atoms with van der Waals surface area (Å²) in [5.41, 5.74) is 0. The summed E-state index contributed by atoms with van der Waals surface area (Å²) in [6.07, 6.45) is 45.3. The Labute approximate surface area is 452 Å². The zero-order valence-electron chi connectivity index (χ0n) is 46.3. The lowest BCUT2D eigenvalue weighted by Crippen LogP contribution is -2.65. The van der Waals surface area contributed by atoms with Crippen LogP contribution in [0.1, 0.15) is 200 Å². The first-order valence-corrected chi connectivity index (χ1v) is 29.3. The minimum atomic E-state index is -1.80. The summed E-state index contributed by atoms with van der Waals surface area (Å²) in [5.74, 6) is -0.378. The summed E-state index contributed by atoms with van der Waals surface area (Å²) < 4.78 is 22.7. The van der Waals surface area contributed by atoms with Crippen LogP contribution in [0.25, 0.3) is 0 Å². The largest absolute Gasteiger partial charge is 0.394 e. The number of hydrogen-bond donors (Lipinski definition) is 9. The molecule has 14 heteroatoms. The zero-order chi connectivity index (χ0) is 54.6. The third kappa shape index (κ3) is 32.0. The van der Waals surface area contributed by atoms with E-state index in [2.05, 4.69) is 73.8 Å². The monoisotopic (exact) mass is 1060 g/mol. The second kappa shape index (κ2) is 46.1. The number of carbonyl (C=O) groups excluding carboxylic acids is 1. The van der Waals surface area contributed by atoms with Crippen LogP contribution in [0.4, 0.5) is 0 Å². The third-order valence-electron chi connectivity index (χ3n) is 13.8. The van der Waals surface area contributed by atoms with Gasteiger partial charge in [0.15, 0.2) is 12.6 Å². The number of nitrogens with one attached hydrogen (secondary N) is 1. The lowest BCUT2D eigenvalue weighted by atomic mass is 9.97. The van der Waals surface area contributed by atoms with Gasteiger partial charge in [-0.2, -0.15) is 0 Å². The van der Waals surface area contributed by atoms with Crippen molar-refractivity contribution < 1.29 is 64.6 Å². The first-order chi connectivity index (χ1) is 36.6. The van der Waals surface area contributed by atoms with E-state index in [-0.39, 0.29) is 18.9 Å². The lowest BCUT2D eigenvalue weighted by Gasteiger charge is -2.46. The number of aliphatic hydroxyl groups excluding tert-OH is 8. The molecule has 0 spiro atoms. The van der Waals surface area contributed by atoms with Crippen molar-refractivity contribution in [2.75, 3.05) is 19.8 Å². The van der Waals surface area contributed by atoms with E-state index in [9.17, 15) is 45.6 Å². The van der Waals surface area contributed by atoms with Crippen molar-refractivity contribution >= 4 is 5.91 Å². The number of ether oxygens (including phenoxy) is 4. The Bertz CT molecular complexity index is 1580. The van der Waals surface area contributed by atoms with Crippen LogP contribution in [0.5, 0.6) is 0 Å². The van der Waals surface area contributed by atoms with E-state index < -0.39 is 86.8 Å². The van der Waals surface area contributed by atoms with Gasteiger partial charge in [-0.15, -0.1) is 0 Å². The Morgan fingerprint density at radius 3 is 1.44 bits per heavy atom. The molecule has 0 saturated carbocycles. The van der Waals surface area contributed by atoms with Gasteiger partial charge in [-0.3, -0.25) is 4.79 Å². The van der Waals surface area contributed by atoms with Crippen molar-refractivity contribution in [3.63, 3.8) is 0 Å². The summed E-state index contributed by atoms with van der Waals surface area (Å²) in [6, 6.07) is -0.991. The summed E-state index contributed by atoms with van der Waals surface area (Å²) >= 11 is 0. The summed E-state index contributed by atoms with van der Waals surface area (Å²) in [7, 11) is 0. The zero-order valence-corrected chi connectivity index (χ0v) is 46.3. The smallest absolute Gasteiger partial charge is 0.224 e. The topological polar surface area (TPSA) is 228 Å². The number of rotatable bonds is 45.